The van der Waals surface area contributed by atoms with Crippen LogP contribution in [0.15, 0.2) is 48.8 Å². The highest BCUT2D eigenvalue weighted by molar-refractivity contribution is 6.03. The predicted molar refractivity (Wildman–Crippen MR) is 108 cm³/mol. The highest BCUT2D eigenvalue weighted by Crippen LogP contribution is 2.28. The number of likely N-dealkylation sites (tertiary alicyclic amines) is 1. The fraction of sp³-hybridized carbons (Fsp3) is 0.364. The summed E-state index contributed by atoms with van der Waals surface area (Å²) in [5, 5.41) is 5.28. The van der Waals surface area contributed by atoms with E-state index in [1.54, 1.807) is 0 Å². The number of imide groups is 1. The van der Waals surface area contributed by atoms with Crippen LogP contribution < -0.4 is 10.6 Å². The number of hydrogen-bond acceptors (Lipinski definition) is 4. The zero-order valence-corrected chi connectivity index (χ0v) is 16.1. The Labute approximate surface area is 169 Å². The third kappa shape index (κ3) is 4.62. The Hall–Kier alpha value is -3.22. The Morgan fingerprint density at radius 2 is 1.76 bits per heavy atom. The first-order valence-electron chi connectivity index (χ1n) is 9.97. The third-order valence-electron chi connectivity index (χ3n) is 5.71. The van der Waals surface area contributed by atoms with Crippen LogP contribution in [-0.4, -0.2) is 40.8 Å². The molecule has 2 fully saturated rings. The van der Waals surface area contributed by atoms with Crippen LogP contribution in [0.1, 0.15) is 36.3 Å². The van der Waals surface area contributed by atoms with Gasteiger partial charge in [-0.15, -0.1) is 0 Å². The second kappa shape index (κ2) is 8.43. The second-order valence-corrected chi connectivity index (χ2v) is 7.69. The van der Waals surface area contributed by atoms with Gasteiger partial charge in [-0.05, 0) is 60.6 Å². The van der Waals surface area contributed by atoms with Gasteiger partial charge in [0.25, 0.3) is 0 Å². The lowest BCUT2D eigenvalue weighted by Gasteiger charge is -2.32. The van der Waals surface area contributed by atoms with Crippen molar-refractivity contribution in [1.82, 2.24) is 15.2 Å². The van der Waals surface area contributed by atoms with E-state index >= 15 is 0 Å². The monoisotopic (exact) mass is 392 g/mol. The standard InChI is InChI=1S/C22H24N4O3/c27-20-14-18(21(28)25-20)13-15-1-3-19(4-2-15)24-22(29)26-11-7-17(8-12-26)16-5-9-23-10-6-16/h1-6,9-10,17-18H,7-8,11-14H2,(H,24,29)(H,25,27,28)/t18-/m0/s1. The van der Waals surface area contributed by atoms with E-state index in [9.17, 15) is 14.4 Å². The summed E-state index contributed by atoms with van der Waals surface area (Å²) >= 11 is 0. The minimum absolute atomic E-state index is 0.0910. The van der Waals surface area contributed by atoms with Crippen LogP contribution in [0.25, 0.3) is 0 Å². The van der Waals surface area contributed by atoms with Crippen molar-refractivity contribution < 1.29 is 14.4 Å². The van der Waals surface area contributed by atoms with Crippen LogP contribution in [0.4, 0.5) is 10.5 Å². The summed E-state index contributed by atoms with van der Waals surface area (Å²) in [5.74, 6) is -0.246. The summed E-state index contributed by atoms with van der Waals surface area (Å²) in [6, 6.07) is 11.5. The van der Waals surface area contributed by atoms with E-state index in [0.29, 0.717) is 12.3 Å². The Kier molecular flexibility index (Phi) is 5.55. The quantitative estimate of drug-likeness (QED) is 0.783. The van der Waals surface area contributed by atoms with Crippen LogP contribution in [0.2, 0.25) is 0 Å². The molecule has 1 aromatic heterocycles. The maximum absolute atomic E-state index is 12.6. The van der Waals surface area contributed by atoms with Gasteiger partial charge in [0, 0.05) is 37.6 Å². The molecule has 1 atom stereocenters. The van der Waals surface area contributed by atoms with E-state index in [4.69, 9.17) is 0 Å². The Bertz CT molecular complexity index is 890. The molecule has 2 aliphatic heterocycles. The van der Waals surface area contributed by atoms with Crippen LogP contribution in [-0.2, 0) is 16.0 Å². The van der Waals surface area contributed by atoms with Crippen LogP contribution in [0.3, 0.4) is 0 Å². The summed E-state index contributed by atoms with van der Waals surface area (Å²) in [5.41, 5.74) is 2.98. The number of anilines is 1. The smallest absolute Gasteiger partial charge is 0.321 e. The van der Waals surface area contributed by atoms with Crippen LogP contribution in [0.5, 0.6) is 0 Å². The van der Waals surface area contributed by atoms with Crippen molar-refractivity contribution in [3.8, 4) is 0 Å². The minimum Gasteiger partial charge on any atom is -0.324 e. The van der Waals surface area contributed by atoms with Crippen LogP contribution >= 0.6 is 0 Å². The first-order chi connectivity index (χ1) is 14.1. The molecule has 0 bridgehead atoms. The Morgan fingerprint density at radius 3 is 2.38 bits per heavy atom. The number of aromatic nitrogens is 1. The number of pyridine rings is 1. The van der Waals surface area contributed by atoms with Gasteiger partial charge in [-0.25, -0.2) is 4.79 Å². The molecular formula is C22H24N4O3. The molecule has 150 valence electrons. The first-order valence-corrected chi connectivity index (χ1v) is 9.97. The number of rotatable bonds is 4. The first kappa shape index (κ1) is 19.1. The van der Waals surface area contributed by atoms with Gasteiger partial charge in [-0.2, -0.15) is 0 Å². The molecule has 0 radical (unpaired) electrons. The normalized spacial score (nSPS) is 19.9. The molecular weight excluding hydrogens is 368 g/mol. The number of nitrogens with zero attached hydrogens (tertiary/aromatic N) is 2. The molecule has 2 aliphatic rings. The van der Waals surface area contributed by atoms with Crippen molar-refractivity contribution in [2.75, 3.05) is 18.4 Å². The molecule has 2 aromatic rings. The SMILES string of the molecule is O=C1C[C@H](Cc2ccc(NC(=O)N3CCC(c4ccncc4)CC3)cc2)C(=O)N1. The van der Waals surface area contributed by atoms with Gasteiger partial charge < -0.3 is 10.2 Å². The molecule has 0 unspecified atom stereocenters. The third-order valence-corrected chi connectivity index (χ3v) is 5.71. The minimum atomic E-state index is -0.301. The molecule has 4 amide bonds. The zero-order valence-electron chi connectivity index (χ0n) is 16.1. The van der Waals surface area contributed by atoms with Gasteiger partial charge in [0.15, 0.2) is 0 Å². The van der Waals surface area contributed by atoms with E-state index in [2.05, 4.69) is 15.6 Å². The fourth-order valence-corrected chi connectivity index (χ4v) is 4.03. The van der Waals surface area contributed by atoms with E-state index in [-0.39, 0.29) is 30.2 Å². The molecule has 7 nitrogen and oxygen atoms in total. The summed E-state index contributed by atoms with van der Waals surface area (Å²) in [6.45, 7) is 1.45. The number of hydrogen-bond donors (Lipinski definition) is 2. The van der Waals surface area contributed by atoms with Gasteiger partial charge in [-0.1, -0.05) is 12.1 Å². The summed E-state index contributed by atoms with van der Waals surface area (Å²) in [6.07, 6.45) is 6.28. The highest BCUT2D eigenvalue weighted by Gasteiger charge is 2.30. The molecule has 3 heterocycles. The van der Waals surface area contributed by atoms with Gasteiger partial charge in [0.2, 0.25) is 11.8 Å². The van der Waals surface area contributed by atoms with Crippen molar-refractivity contribution in [3.63, 3.8) is 0 Å². The molecule has 2 N–H and O–H groups in total. The summed E-state index contributed by atoms with van der Waals surface area (Å²) in [7, 11) is 0. The lowest BCUT2D eigenvalue weighted by molar-refractivity contribution is -0.125. The molecule has 1 aromatic carbocycles. The number of urea groups is 1. The number of benzene rings is 1. The second-order valence-electron chi connectivity index (χ2n) is 7.69. The van der Waals surface area contributed by atoms with Gasteiger partial charge in [0.05, 0.1) is 5.92 Å². The number of amides is 4. The van der Waals surface area contributed by atoms with E-state index in [0.717, 1.165) is 37.2 Å². The van der Waals surface area contributed by atoms with Crippen molar-refractivity contribution in [3.05, 3.63) is 59.9 Å². The van der Waals surface area contributed by atoms with E-state index < -0.39 is 0 Å². The van der Waals surface area contributed by atoms with Gasteiger partial charge in [0.1, 0.15) is 0 Å². The molecule has 29 heavy (non-hydrogen) atoms. The lowest BCUT2D eigenvalue weighted by Crippen LogP contribution is -2.40. The molecule has 4 rings (SSSR count). The fourth-order valence-electron chi connectivity index (χ4n) is 4.03. The molecule has 0 spiro atoms. The van der Waals surface area contributed by atoms with E-state index in [1.165, 1.54) is 5.56 Å². The van der Waals surface area contributed by atoms with Gasteiger partial charge in [-0.3, -0.25) is 19.9 Å². The number of carbonyl (C=O) groups excluding carboxylic acids is 3. The molecule has 7 heteroatoms. The Morgan fingerprint density at radius 1 is 1.07 bits per heavy atom. The van der Waals surface area contributed by atoms with Crippen molar-refractivity contribution in [1.29, 1.82) is 0 Å². The number of nitrogens with one attached hydrogen (secondary N) is 2. The zero-order chi connectivity index (χ0) is 20.2. The summed E-state index contributed by atoms with van der Waals surface area (Å²) < 4.78 is 0. The Balaban J connectivity index is 1.28. The number of carbonyl (C=O) groups is 3. The maximum atomic E-state index is 12.6. The molecule has 2 saturated heterocycles. The average molecular weight is 392 g/mol. The lowest BCUT2D eigenvalue weighted by atomic mass is 9.90. The van der Waals surface area contributed by atoms with Crippen molar-refractivity contribution in [2.24, 2.45) is 5.92 Å². The van der Waals surface area contributed by atoms with Gasteiger partial charge >= 0.3 is 6.03 Å². The summed E-state index contributed by atoms with van der Waals surface area (Å²) in [4.78, 5) is 41.5. The van der Waals surface area contributed by atoms with Crippen LogP contribution in [0, 0.1) is 5.92 Å². The maximum Gasteiger partial charge on any atom is 0.321 e. The van der Waals surface area contributed by atoms with E-state index in [1.807, 2.05) is 53.7 Å². The molecule has 0 aliphatic carbocycles. The average Bonchev–Trinajstić information content (AvgIpc) is 3.07. The highest BCUT2D eigenvalue weighted by atomic mass is 16.2. The molecule has 0 saturated carbocycles. The van der Waals surface area contributed by atoms with Crippen molar-refractivity contribution in [2.45, 2.75) is 31.6 Å². The number of piperidine rings is 1. The topological polar surface area (TPSA) is 91.4 Å². The van der Waals surface area contributed by atoms with Crippen molar-refractivity contribution >= 4 is 23.5 Å². The largest absolute Gasteiger partial charge is 0.324 e. The predicted octanol–water partition coefficient (Wildman–Crippen LogP) is 2.70.